The van der Waals surface area contributed by atoms with Gasteiger partial charge < -0.3 is 10.2 Å². The highest BCUT2D eigenvalue weighted by atomic mass is 35.5. The van der Waals surface area contributed by atoms with Gasteiger partial charge in [-0.15, -0.1) is 12.4 Å². The van der Waals surface area contributed by atoms with Gasteiger partial charge in [-0.2, -0.15) is 0 Å². The fraction of sp³-hybridized carbons (Fsp3) is 0.611. The smallest absolute Gasteiger partial charge is 0.254 e. The van der Waals surface area contributed by atoms with Gasteiger partial charge in [0.1, 0.15) is 0 Å². The summed E-state index contributed by atoms with van der Waals surface area (Å²) < 4.78 is 27.5. The van der Waals surface area contributed by atoms with Crippen LogP contribution in [0.15, 0.2) is 23.1 Å². The Morgan fingerprint density at radius 2 is 1.85 bits per heavy atom. The second-order valence-electron chi connectivity index (χ2n) is 7.17. The summed E-state index contributed by atoms with van der Waals surface area (Å²) in [5.41, 5.74) is 1.30. The summed E-state index contributed by atoms with van der Waals surface area (Å²) in [6, 6.07) is 4.89. The van der Waals surface area contributed by atoms with Crippen LogP contribution in [0.25, 0.3) is 0 Å². The van der Waals surface area contributed by atoms with Crippen molar-refractivity contribution in [2.45, 2.75) is 43.5 Å². The summed E-state index contributed by atoms with van der Waals surface area (Å²) in [5, 5.41) is 3.19. The fourth-order valence-electron chi connectivity index (χ4n) is 3.29. The molecule has 0 atom stereocenters. The van der Waals surface area contributed by atoms with Gasteiger partial charge in [0.05, 0.1) is 4.90 Å². The van der Waals surface area contributed by atoms with E-state index in [9.17, 15) is 13.2 Å². The van der Waals surface area contributed by atoms with E-state index in [2.05, 4.69) is 10.0 Å². The van der Waals surface area contributed by atoms with Crippen LogP contribution in [-0.4, -0.2) is 51.9 Å². The number of piperidine rings is 1. The van der Waals surface area contributed by atoms with E-state index in [4.69, 9.17) is 0 Å². The molecule has 1 saturated carbocycles. The number of halogens is 1. The SMILES string of the molecule is CNCC1CCN(C(=O)c2cc(S(=O)(=O)NC3CC3)ccc2C)CC1.Cl. The minimum Gasteiger partial charge on any atom is -0.339 e. The molecule has 6 nitrogen and oxygen atoms in total. The highest BCUT2D eigenvalue weighted by Crippen LogP contribution is 2.25. The standard InChI is InChI=1S/C18H27N3O3S.ClH/c1-13-3-6-16(25(23,24)20-15-4-5-15)11-17(13)18(22)21-9-7-14(8-10-21)12-19-2;/h3,6,11,14-15,19-20H,4-5,7-10,12H2,1-2H3;1H. The number of nitrogens with zero attached hydrogens (tertiary/aromatic N) is 1. The predicted octanol–water partition coefficient (Wildman–Crippen LogP) is 1.93. The number of amides is 1. The number of carbonyl (C=O) groups is 1. The van der Waals surface area contributed by atoms with Crippen molar-refractivity contribution in [1.82, 2.24) is 14.9 Å². The summed E-state index contributed by atoms with van der Waals surface area (Å²) in [6.45, 7) is 4.27. The largest absolute Gasteiger partial charge is 0.339 e. The molecule has 1 saturated heterocycles. The Hall–Kier alpha value is -1.15. The van der Waals surface area contributed by atoms with Crippen LogP contribution in [0.1, 0.15) is 41.6 Å². The first-order chi connectivity index (χ1) is 11.9. The van der Waals surface area contributed by atoms with E-state index in [1.165, 1.54) is 6.07 Å². The predicted molar refractivity (Wildman–Crippen MR) is 104 cm³/mol. The summed E-state index contributed by atoms with van der Waals surface area (Å²) in [6.07, 6.45) is 3.73. The molecule has 1 amide bonds. The van der Waals surface area contributed by atoms with Gasteiger partial charge in [0.2, 0.25) is 10.0 Å². The number of carbonyl (C=O) groups excluding carboxylic acids is 1. The van der Waals surface area contributed by atoms with Crippen molar-refractivity contribution in [1.29, 1.82) is 0 Å². The summed E-state index contributed by atoms with van der Waals surface area (Å²) in [4.78, 5) is 14.9. The van der Waals surface area contributed by atoms with E-state index in [0.717, 1.165) is 50.9 Å². The first kappa shape index (κ1) is 21.2. The highest BCUT2D eigenvalue weighted by molar-refractivity contribution is 7.89. The number of hydrogen-bond donors (Lipinski definition) is 2. The maximum absolute atomic E-state index is 12.9. The summed E-state index contributed by atoms with van der Waals surface area (Å²) >= 11 is 0. The number of aryl methyl sites for hydroxylation is 1. The van der Waals surface area contributed by atoms with Gasteiger partial charge in [-0.25, -0.2) is 13.1 Å². The topological polar surface area (TPSA) is 78.5 Å². The lowest BCUT2D eigenvalue weighted by Gasteiger charge is -2.32. The molecule has 0 aromatic heterocycles. The van der Waals surface area contributed by atoms with E-state index < -0.39 is 10.0 Å². The van der Waals surface area contributed by atoms with Gasteiger partial charge in [0.15, 0.2) is 0 Å². The van der Waals surface area contributed by atoms with Crippen molar-refractivity contribution >= 4 is 28.3 Å². The Bertz CT molecular complexity index is 742. The molecule has 0 unspecified atom stereocenters. The maximum atomic E-state index is 12.9. The number of likely N-dealkylation sites (tertiary alicyclic amines) is 1. The molecular formula is C18H28ClN3O3S. The van der Waals surface area contributed by atoms with E-state index >= 15 is 0 Å². The fourth-order valence-corrected chi connectivity index (χ4v) is 4.62. The maximum Gasteiger partial charge on any atom is 0.254 e. The lowest BCUT2D eigenvalue weighted by molar-refractivity contribution is 0.0690. The van der Waals surface area contributed by atoms with Crippen molar-refractivity contribution in [3.8, 4) is 0 Å². The first-order valence-corrected chi connectivity index (χ1v) is 10.5. The van der Waals surface area contributed by atoms with Crippen LogP contribution >= 0.6 is 12.4 Å². The molecule has 1 aromatic carbocycles. The quantitative estimate of drug-likeness (QED) is 0.763. The van der Waals surface area contributed by atoms with Gasteiger partial charge in [0.25, 0.3) is 5.91 Å². The second kappa shape index (κ2) is 8.69. The van der Waals surface area contributed by atoms with Gasteiger partial charge in [0, 0.05) is 24.7 Å². The Kier molecular flexibility index (Phi) is 7.07. The molecule has 1 heterocycles. The van der Waals surface area contributed by atoms with Crippen LogP contribution in [0.3, 0.4) is 0 Å². The highest BCUT2D eigenvalue weighted by Gasteiger charge is 2.29. The van der Waals surface area contributed by atoms with E-state index in [-0.39, 0.29) is 29.3 Å². The average Bonchev–Trinajstić information content (AvgIpc) is 3.39. The molecule has 8 heteroatoms. The van der Waals surface area contributed by atoms with Crippen LogP contribution in [-0.2, 0) is 10.0 Å². The van der Waals surface area contributed by atoms with Crippen LogP contribution in [0.4, 0.5) is 0 Å². The van der Waals surface area contributed by atoms with Crippen LogP contribution in [0.5, 0.6) is 0 Å². The number of sulfonamides is 1. The Labute approximate surface area is 162 Å². The lowest BCUT2D eigenvalue weighted by atomic mass is 9.96. The zero-order valence-corrected chi connectivity index (χ0v) is 17.0. The van der Waals surface area contributed by atoms with E-state index in [1.807, 2.05) is 18.9 Å². The third-order valence-corrected chi connectivity index (χ3v) is 6.56. The molecule has 3 rings (SSSR count). The van der Waals surface area contributed by atoms with Crippen LogP contribution in [0.2, 0.25) is 0 Å². The van der Waals surface area contributed by atoms with E-state index in [1.54, 1.807) is 12.1 Å². The summed E-state index contributed by atoms with van der Waals surface area (Å²) in [5.74, 6) is 0.536. The molecule has 0 radical (unpaired) electrons. The van der Waals surface area contributed by atoms with Crippen molar-refractivity contribution in [2.24, 2.45) is 5.92 Å². The van der Waals surface area contributed by atoms with Gasteiger partial charge in [-0.05, 0) is 69.8 Å². The number of nitrogens with one attached hydrogen (secondary N) is 2. The number of rotatable bonds is 6. The van der Waals surface area contributed by atoms with Crippen LogP contribution in [0, 0.1) is 12.8 Å². The van der Waals surface area contributed by atoms with Crippen LogP contribution < -0.4 is 10.0 Å². The molecule has 2 aliphatic rings. The van der Waals surface area contributed by atoms with Gasteiger partial charge >= 0.3 is 0 Å². The van der Waals surface area contributed by atoms with Crippen molar-refractivity contribution in [3.05, 3.63) is 29.3 Å². The van der Waals surface area contributed by atoms with E-state index in [0.29, 0.717) is 11.5 Å². The van der Waals surface area contributed by atoms with Crippen molar-refractivity contribution in [3.63, 3.8) is 0 Å². The molecule has 0 spiro atoms. The second-order valence-corrected chi connectivity index (χ2v) is 8.88. The van der Waals surface area contributed by atoms with Crippen molar-refractivity contribution < 1.29 is 13.2 Å². The molecule has 1 aliphatic carbocycles. The Morgan fingerprint density at radius 1 is 1.19 bits per heavy atom. The molecule has 26 heavy (non-hydrogen) atoms. The molecule has 2 N–H and O–H groups in total. The molecule has 146 valence electrons. The number of benzene rings is 1. The first-order valence-electron chi connectivity index (χ1n) is 8.97. The van der Waals surface area contributed by atoms with Gasteiger partial charge in [-0.1, -0.05) is 6.07 Å². The van der Waals surface area contributed by atoms with Gasteiger partial charge in [-0.3, -0.25) is 4.79 Å². The molecule has 1 aliphatic heterocycles. The third kappa shape index (κ3) is 4.97. The minimum absolute atomic E-state index is 0. The minimum atomic E-state index is -3.55. The molecular weight excluding hydrogens is 374 g/mol. The zero-order valence-electron chi connectivity index (χ0n) is 15.3. The summed E-state index contributed by atoms with van der Waals surface area (Å²) in [7, 11) is -1.60. The Morgan fingerprint density at radius 3 is 2.42 bits per heavy atom. The number of hydrogen-bond acceptors (Lipinski definition) is 4. The molecule has 1 aromatic rings. The normalized spacial score (nSPS) is 18.5. The average molecular weight is 402 g/mol. The molecule has 0 bridgehead atoms. The monoisotopic (exact) mass is 401 g/mol. The zero-order chi connectivity index (χ0) is 18.0. The molecule has 2 fully saturated rings. The lowest BCUT2D eigenvalue weighted by Crippen LogP contribution is -2.40. The van der Waals surface area contributed by atoms with Crippen molar-refractivity contribution in [2.75, 3.05) is 26.7 Å². The Balaban J connectivity index is 0.00000243. The third-order valence-electron chi connectivity index (χ3n) is 5.04.